The summed E-state index contributed by atoms with van der Waals surface area (Å²) >= 11 is 0. The second-order valence-electron chi connectivity index (χ2n) is 9.87. The van der Waals surface area contributed by atoms with Crippen molar-refractivity contribution in [3.05, 3.63) is 72.1 Å². The molecular formula is C29H31F3N6O3. The van der Waals surface area contributed by atoms with E-state index >= 15 is 0 Å². The van der Waals surface area contributed by atoms with E-state index in [2.05, 4.69) is 20.5 Å². The fourth-order valence-corrected chi connectivity index (χ4v) is 4.85. The lowest BCUT2D eigenvalue weighted by Gasteiger charge is -2.26. The molecule has 12 heteroatoms. The number of carbonyl (C=O) groups is 2. The van der Waals surface area contributed by atoms with E-state index in [0.717, 1.165) is 67.9 Å². The molecule has 9 nitrogen and oxygen atoms in total. The molecule has 2 heterocycles. The van der Waals surface area contributed by atoms with Crippen molar-refractivity contribution in [3.8, 4) is 5.69 Å². The van der Waals surface area contributed by atoms with Crippen LogP contribution in [0, 0.1) is 0 Å². The number of halogens is 3. The first-order chi connectivity index (χ1) is 19.7. The minimum absolute atomic E-state index is 0.0820. The summed E-state index contributed by atoms with van der Waals surface area (Å²) in [5.74, 6) is -0.0820. The summed E-state index contributed by atoms with van der Waals surface area (Å²) in [6.07, 6.45) is 2.63. The van der Waals surface area contributed by atoms with E-state index in [4.69, 9.17) is 4.74 Å². The van der Waals surface area contributed by atoms with Gasteiger partial charge in [0.15, 0.2) is 0 Å². The number of morpholine rings is 1. The molecule has 5 rings (SSSR count). The molecule has 0 atom stereocenters. The molecule has 1 aliphatic heterocycles. The van der Waals surface area contributed by atoms with Crippen LogP contribution >= 0.6 is 0 Å². The Morgan fingerprint density at radius 3 is 2.68 bits per heavy atom. The first kappa shape index (κ1) is 28.4. The Balaban J connectivity index is 1.25. The minimum Gasteiger partial charge on any atom is -0.379 e. The van der Waals surface area contributed by atoms with Gasteiger partial charge in [-0.1, -0.05) is 18.2 Å². The molecule has 3 amide bonds. The highest BCUT2D eigenvalue weighted by Gasteiger charge is 2.27. The smallest absolute Gasteiger partial charge is 0.379 e. The van der Waals surface area contributed by atoms with Gasteiger partial charge in [-0.15, -0.1) is 0 Å². The summed E-state index contributed by atoms with van der Waals surface area (Å²) in [7, 11) is 0. The number of benzene rings is 2. The van der Waals surface area contributed by atoms with Crippen LogP contribution in [-0.4, -0.2) is 78.5 Å². The van der Waals surface area contributed by atoms with E-state index < -0.39 is 18.8 Å². The number of rotatable bonds is 8. The number of ether oxygens (including phenoxy) is 1. The van der Waals surface area contributed by atoms with E-state index in [1.807, 2.05) is 41.0 Å². The topological polar surface area (TPSA) is 101 Å². The van der Waals surface area contributed by atoms with E-state index in [1.165, 1.54) is 0 Å². The molecule has 0 saturated carbocycles. The number of imidazole rings is 1. The van der Waals surface area contributed by atoms with Crippen LogP contribution in [0.25, 0.3) is 22.3 Å². The average molecular weight is 569 g/mol. The Morgan fingerprint density at radius 1 is 1.05 bits per heavy atom. The molecule has 0 bridgehead atoms. The molecule has 0 unspecified atom stereocenters. The van der Waals surface area contributed by atoms with Gasteiger partial charge in [-0.05, 0) is 60.4 Å². The normalized spacial score (nSPS) is 16.2. The predicted octanol–water partition coefficient (Wildman–Crippen LogP) is 4.26. The Morgan fingerprint density at radius 2 is 1.88 bits per heavy atom. The summed E-state index contributed by atoms with van der Waals surface area (Å²) in [6, 6.07) is 11.7. The van der Waals surface area contributed by atoms with Crippen LogP contribution in [0.2, 0.25) is 0 Å². The fraction of sp³-hybridized carbons (Fsp3) is 0.345. The molecule has 0 radical (unpaired) electrons. The number of aromatic nitrogens is 2. The number of allylic oxidation sites excluding steroid dienone is 2. The molecule has 1 fully saturated rings. The maximum absolute atomic E-state index is 12.8. The van der Waals surface area contributed by atoms with Crippen molar-refractivity contribution in [2.45, 2.75) is 19.0 Å². The van der Waals surface area contributed by atoms with Crippen molar-refractivity contribution in [2.24, 2.45) is 0 Å². The van der Waals surface area contributed by atoms with Crippen molar-refractivity contribution < 1.29 is 27.5 Å². The van der Waals surface area contributed by atoms with Crippen molar-refractivity contribution >= 4 is 34.2 Å². The Bertz CT molecular complexity index is 1470. The number of anilines is 1. The van der Waals surface area contributed by atoms with E-state index in [9.17, 15) is 22.8 Å². The third-order valence-electron chi connectivity index (χ3n) is 6.94. The van der Waals surface area contributed by atoms with E-state index in [0.29, 0.717) is 23.5 Å². The number of nitrogens with zero attached hydrogens (tertiary/aromatic N) is 3. The summed E-state index contributed by atoms with van der Waals surface area (Å²) in [5, 5.41) is 7.24. The van der Waals surface area contributed by atoms with Gasteiger partial charge in [0.1, 0.15) is 12.9 Å². The highest BCUT2D eigenvalue weighted by molar-refractivity contribution is 5.99. The zero-order valence-electron chi connectivity index (χ0n) is 22.3. The van der Waals surface area contributed by atoms with Gasteiger partial charge in [-0.3, -0.25) is 14.3 Å². The van der Waals surface area contributed by atoms with Gasteiger partial charge in [0, 0.05) is 43.1 Å². The number of fused-ring (bicyclic) bond motifs is 1. The van der Waals surface area contributed by atoms with Crippen molar-refractivity contribution in [2.75, 3.05) is 51.3 Å². The van der Waals surface area contributed by atoms with Gasteiger partial charge in [0.2, 0.25) is 0 Å². The lowest BCUT2D eigenvalue weighted by atomic mass is 9.93. The molecule has 3 aromatic rings. The van der Waals surface area contributed by atoms with Crippen molar-refractivity contribution in [3.63, 3.8) is 0 Å². The summed E-state index contributed by atoms with van der Waals surface area (Å²) in [6.45, 7) is 3.17. The molecule has 3 N–H and O–H groups in total. The van der Waals surface area contributed by atoms with Gasteiger partial charge in [0.05, 0.1) is 24.2 Å². The number of alkyl halides is 3. The SMILES string of the molecule is O=C(NCC(F)(F)F)Nc1cccc(-n2cnc3cc(C4=CC(C(=O)NCCN5CCOCC5)=CCC4)ccc32)c1. The highest BCUT2D eigenvalue weighted by Crippen LogP contribution is 2.30. The Labute approximate surface area is 235 Å². The third-order valence-corrected chi connectivity index (χ3v) is 6.94. The fourth-order valence-electron chi connectivity index (χ4n) is 4.85. The quantitative estimate of drug-likeness (QED) is 0.377. The lowest BCUT2D eigenvalue weighted by molar-refractivity contribution is -0.122. The number of nitrogens with one attached hydrogen (secondary N) is 3. The zero-order valence-corrected chi connectivity index (χ0v) is 22.3. The van der Waals surface area contributed by atoms with Crippen LogP contribution in [0.4, 0.5) is 23.7 Å². The standard InChI is InChI=1S/C29H31F3N6O3/c30-29(31,32)18-34-28(40)36-23-5-2-6-24(17-23)38-19-35-25-16-21(7-8-26(25)38)20-3-1-4-22(15-20)27(39)33-9-10-37-11-13-41-14-12-37/h2,4-8,15-17,19H,1,3,9-14,18H2,(H,33,39)(H2,34,36,40). The number of hydrogen-bond acceptors (Lipinski definition) is 5. The van der Waals surface area contributed by atoms with E-state index in [-0.39, 0.29) is 5.91 Å². The Kier molecular flexibility index (Phi) is 8.70. The molecule has 2 aliphatic rings. The zero-order chi connectivity index (χ0) is 28.8. The predicted molar refractivity (Wildman–Crippen MR) is 150 cm³/mol. The van der Waals surface area contributed by atoms with Crippen LogP contribution in [0.3, 0.4) is 0 Å². The molecule has 0 spiro atoms. The van der Waals surface area contributed by atoms with Gasteiger partial charge in [0.25, 0.3) is 5.91 Å². The first-order valence-corrected chi connectivity index (χ1v) is 13.4. The summed E-state index contributed by atoms with van der Waals surface area (Å²) in [4.78, 5) is 31.5. The van der Waals surface area contributed by atoms with Crippen LogP contribution in [0.15, 0.2) is 66.5 Å². The lowest BCUT2D eigenvalue weighted by Crippen LogP contribution is -2.41. The molecule has 1 saturated heterocycles. The van der Waals surface area contributed by atoms with Crippen LogP contribution in [-0.2, 0) is 9.53 Å². The highest BCUT2D eigenvalue weighted by atomic mass is 19.4. The van der Waals surface area contributed by atoms with Gasteiger partial charge < -0.3 is 20.7 Å². The van der Waals surface area contributed by atoms with Gasteiger partial charge in [-0.25, -0.2) is 9.78 Å². The molecule has 1 aromatic heterocycles. The maximum atomic E-state index is 12.8. The summed E-state index contributed by atoms with van der Waals surface area (Å²) in [5.41, 5.74) is 5.28. The molecule has 1 aliphatic carbocycles. The van der Waals surface area contributed by atoms with Crippen LogP contribution in [0.1, 0.15) is 18.4 Å². The Hall–Kier alpha value is -4.16. The minimum atomic E-state index is -4.49. The number of amides is 3. The van der Waals surface area contributed by atoms with Crippen LogP contribution < -0.4 is 16.0 Å². The van der Waals surface area contributed by atoms with Crippen molar-refractivity contribution in [1.29, 1.82) is 0 Å². The van der Waals surface area contributed by atoms with Gasteiger partial charge in [-0.2, -0.15) is 13.2 Å². The number of urea groups is 1. The first-order valence-electron chi connectivity index (χ1n) is 13.4. The summed E-state index contributed by atoms with van der Waals surface area (Å²) < 4.78 is 44.3. The number of carbonyl (C=O) groups excluding carboxylic acids is 2. The van der Waals surface area contributed by atoms with Crippen LogP contribution in [0.5, 0.6) is 0 Å². The third kappa shape index (κ3) is 7.53. The largest absolute Gasteiger partial charge is 0.405 e. The van der Waals surface area contributed by atoms with E-state index in [1.54, 1.807) is 29.8 Å². The average Bonchev–Trinajstić information content (AvgIpc) is 3.40. The molecule has 41 heavy (non-hydrogen) atoms. The number of hydrogen-bond donors (Lipinski definition) is 3. The van der Waals surface area contributed by atoms with Crippen molar-refractivity contribution in [1.82, 2.24) is 25.1 Å². The second kappa shape index (κ2) is 12.6. The molecule has 216 valence electrons. The molecular weight excluding hydrogens is 537 g/mol. The second-order valence-corrected chi connectivity index (χ2v) is 9.87. The van der Waals surface area contributed by atoms with Gasteiger partial charge >= 0.3 is 12.2 Å². The monoisotopic (exact) mass is 568 g/mol. The molecule has 2 aromatic carbocycles. The maximum Gasteiger partial charge on any atom is 0.405 e.